The lowest BCUT2D eigenvalue weighted by atomic mass is 9.82. The lowest BCUT2D eigenvalue weighted by molar-refractivity contribution is -0.153. The Bertz CT molecular complexity index is 390. The highest BCUT2D eigenvalue weighted by Gasteiger charge is 2.35. The number of nitrogens with zero attached hydrogens (tertiary/aromatic N) is 1. The molecule has 0 aromatic heterocycles. The van der Waals surface area contributed by atoms with E-state index in [4.69, 9.17) is 9.84 Å². The monoisotopic (exact) mass is 269 g/mol. The molecule has 0 aliphatic heterocycles. The Labute approximate surface area is 112 Å². The van der Waals surface area contributed by atoms with Crippen LogP contribution in [0.3, 0.4) is 0 Å². The Morgan fingerprint density at radius 3 is 2.37 bits per heavy atom. The van der Waals surface area contributed by atoms with Gasteiger partial charge in [-0.15, -0.1) is 0 Å². The van der Waals surface area contributed by atoms with E-state index in [1.54, 1.807) is 19.1 Å². The van der Waals surface area contributed by atoms with Crippen molar-refractivity contribution in [3.8, 4) is 0 Å². The van der Waals surface area contributed by atoms with Gasteiger partial charge in [-0.05, 0) is 19.8 Å². The molecular formula is C13H19NO5. The lowest BCUT2D eigenvalue weighted by Gasteiger charge is -2.28. The second-order valence-corrected chi connectivity index (χ2v) is 4.49. The summed E-state index contributed by atoms with van der Waals surface area (Å²) in [6, 6.07) is 0. The largest absolute Gasteiger partial charge is 0.481 e. The van der Waals surface area contributed by atoms with E-state index >= 15 is 0 Å². The van der Waals surface area contributed by atoms with E-state index in [2.05, 4.69) is 0 Å². The van der Waals surface area contributed by atoms with Crippen molar-refractivity contribution in [1.82, 2.24) is 4.90 Å². The number of carboxylic acid groups (broad SMARTS) is 1. The average Bonchev–Trinajstić information content (AvgIpc) is 2.37. The van der Waals surface area contributed by atoms with Gasteiger partial charge in [-0.2, -0.15) is 0 Å². The van der Waals surface area contributed by atoms with Crippen molar-refractivity contribution in [2.45, 2.75) is 19.8 Å². The molecule has 1 N–H and O–H groups in total. The molecule has 2 unspecified atom stereocenters. The average molecular weight is 269 g/mol. The first-order valence-electron chi connectivity index (χ1n) is 6.25. The predicted molar refractivity (Wildman–Crippen MR) is 67.3 cm³/mol. The van der Waals surface area contributed by atoms with E-state index < -0.39 is 23.8 Å². The molecule has 0 spiro atoms. The van der Waals surface area contributed by atoms with Crippen LogP contribution in [0.25, 0.3) is 0 Å². The van der Waals surface area contributed by atoms with Crippen LogP contribution >= 0.6 is 0 Å². The second-order valence-electron chi connectivity index (χ2n) is 4.49. The molecule has 0 aromatic carbocycles. The van der Waals surface area contributed by atoms with E-state index in [1.807, 2.05) is 0 Å². The number of likely N-dealkylation sites (N-methyl/N-ethyl adjacent to an activating group) is 1. The number of allylic oxidation sites excluding steroid dienone is 2. The third kappa shape index (κ3) is 4.08. The molecule has 19 heavy (non-hydrogen) atoms. The highest BCUT2D eigenvalue weighted by Crippen LogP contribution is 2.27. The molecule has 0 heterocycles. The summed E-state index contributed by atoms with van der Waals surface area (Å²) in [7, 11) is 1.48. The molecule has 0 bridgehead atoms. The third-order valence-corrected chi connectivity index (χ3v) is 3.11. The van der Waals surface area contributed by atoms with E-state index in [1.165, 1.54) is 11.9 Å². The Hall–Kier alpha value is -1.85. The first-order valence-corrected chi connectivity index (χ1v) is 6.25. The Balaban J connectivity index is 2.67. The minimum absolute atomic E-state index is 0.154. The molecule has 106 valence electrons. The van der Waals surface area contributed by atoms with Crippen LogP contribution in [0, 0.1) is 11.8 Å². The van der Waals surface area contributed by atoms with Gasteiger partial charge in [-0.1, -0.05) is 12.2 Å². The number of carbonyl (C=O) groups is 3. The number of hydrogen-bond acceptors (Lipinski definition) is 4. The summed E-state index contributed by atoms with van der Waals surface area (Å²) in [6.07, 6.45) is 4.32. The predicted octanol–water partition coefficient (Wildman–Crippen LogP) is 0.675. The maximum absolute atomic E-state index is 12.2. The zero-order chi connectivity index (χ0) is 14.4. The zero-order valence-corrected chi connectivity index (χ0v) is 11.2. The number of carbonyl (C=O) groups excluding carboxylic acids is 2. The van der Waals surface area contributed by atoms with Crippen LogP contribution < -0.4 is 0 Å². The molecule has 0 aromatic rings. The smallest absolute Gasteiger partial charge is 0.325 e. The van der Waals surface area contributed by atoms with Crippen LogP contribution in [0.2, 0.25) is 0 Å². The van der Waals surface area contributed by atoms with Crippen LogP contribution in [0.1, 0.15) is 19.8 Å². The maximum atomic E-state index is 12.2. The van der Waals surface area contributed by atoms with Crippen LogP contribution in [0.15, 0.2) is 12.2 Å². The van der Waals surface area contributed by atoms with Gasteiger partial charge in [0.15, 0.2) is 0 Å². The Morgan fingerprint density at radius 2 is 1.84 bits per heavy atom. The van der Waals surface area contributed by atoms with Gasteiger partial charge >= 0.3 is 11.9 Å². The fourth-order valence-corrected chi connectivity index (χ4v) is 2.12. The fraction of sp³-hybridized carbons (Fsp3) is 0.615. The Morgan fingerprint density at radius 1 is 1.26 bits per heavy atom. The van der Waals surface area contributed by atoms with Crippen molar-refractivity contribution in [3.05, 3.63) is 12.2 Å². The van der Waals surface area contributed by atoms with Crippen molar-refractivity contribution in [3.63, 3.8) is 0 Å². The number of esters is 1. The first-order chi connectivity index (χ1) is 8.97. The van der Waals surface area contributed by atoms with Crippen LogP contribution in [-0.2, 0) is 19.1 Å². The standard InChI is InChI=1S/C13H19NO5/c1-3-19-11(15)8-14(2)12(16)9-6-4-5-7-10(9)13(17)18/h4-5,9-10H,3,6-8H2,1-2H3,(H,17,18). The molecule has 0 fully saturated rings. The molecule has 0 saturated carbocycles. The number of ether oxygens (including phenoxy) is 1. The van der Waals surface area contributed by atoms with Crippen molar-refractivity contribution < 1.29 is 24.2 Å². The molecule has 1 aliphatic rings. The molecule has 0 saturated heterocycles. The number of aliphatic carboxylic acids is 1. The highest BCUT2D eigenvalue weighted by atomic mass is 16.5. The molecule has 0 radical (unpaired) electrons. The van der Waals surface area contributed by atoms with Gasteiger partial charge in [-0.25, -0.2) is 0 Å². The molecule has 6 nitrogen and oxygen atoms in total. The Kier molecular flexibility index (Phi) is 5.54. The summed E-state index contributed by atoms with van der Waals surface area (Å²) >= 11 is 0. The number of carboxylic acids is 1. The third-order valence-electron chi connectivity index (χ3n) is 3.11. The van der Waals surface area contributed by atoms with Gasteiger partial charge in [0, 0.05) is 7.05 Å². The second kappa shape index (κ2) is 6.92. The molecular weight excluding hydrogens is 250 g/mol. The van der Waals surface area contributed by atoms with Gasteiger partial charge < -0.3 is 14.7 Å². The molecule has 2 atom stereocenters. The van der Waals surface area contributed by atoms with E-state index in [0.29, 0.717) is 12.8 Å². The topological polar surface area (TPSA) is 83.9 Å². The first kappa shape index (κ1) is 15.2. The van der Waals surface area contributed by atoms with Crippen LogP contribution in [0.4, 0.5) is 0 Å². The normalized spacial score (nSPS) is 21.8. The van der Waals surface area contributed by atoms with Crippen LogP contribution in [0.5, 0.6) is 0 Å². The SMILES string of the molecule is CCOC(=O)CN(C)C(=O)C1CC=CCC1C(=O)O. The van der Waals surface area contributed by atoms with Gasteiger partial charge in [0.1, 0.15) is 6.54 Å². The molecule has 6 heteroatoms. The number of rotatable bonds is 5. The van der Waals surface area contributed by atoms with Crippen LogP contribution in [-0.4, -0.2) is 48.1 Å². The summed E-state index contributed by atoms with van der Waals surface area (Å²) < 4.78 is 4.76. The van der Waals surface area contributed by atoms with Crippen molar-refractivity contribution in [2.75, 3.05) is 20.2 Å². The van der Waals surface area contributed by atoms with Gasteiger partial charge in [0.05, 0.1) is 18.4 Å². The fourth-order valence-electron chi connectivity index (χ4n) is 2.12. The van der Waals surface area contributed by atoms with Crippen molar-refractivity contribution in [1.29, 1.82) is 0 Å². The summed E-state index contributed by atoms with van der Waals surface area (Å²) in [5.74, 6) is -3.13. The van der Waals surface area contributed by atoms with Gasteiger partial charge in [0.25, 0.3) is 0 Å². The zero-order valence-electron chi connectivity index (χ0n) is 11.2. The number of hydrogen-bond donors (Lipinski definition) is 1. The minimum atomic E-state index is -0.979. The quantitative estimate of drug-likeness (QED) is 0.586. The molecule has 1 amide bonds. The summed E-state index contributed by atoms with van der Waals surface area (Å²) in [5.41, 5.74) is 0. The lowest BCUT2D eigenvalue weighted by Crippen LogP contribution is -2.42. The summed E-state index contributed by atoms with van der Waals surface area (Å²) in [4.78, 5) is 35.8. The maximum Gasteiger partial charge on any atom is 0.325 e. The van der Waals surface area contributed by atoms with E-state index in [-0.39, 0.29) is 19.1 Å². The highest BCUT2D eigenvalue weighted by molar-refractivity contribution is 5.87. The van der Waals surface area contributed by atoms with Crippen molar-refractivity contribution in [2.24, 2.45) is 11.8 Å². The van der Waals surface area contributed by atoms with Crippen molar-refractivity contribution >= 4 is 17.8 Å². The van der Waals surface area contributed by atoms with Gasteiger partial charge in [-0.3, -0.25) is 14.4 Å². The van der Waals surface area contributed by atoms with E-state index in [9.17, 15) is 14.4 Å². The van der Waals surface area contributed by atoms with E-state index in [0.717, 1.165) is 0 Å². The summed E-state index contributed by atoms with van der Waals surface area (Å²) in [6.45, 7) is 1.79. The van der Waals surface area contributed by atoms with Gasteiger partial charge in [0.2, 0.25) is 5.91 Å². The molecule has 1 aliphatic carbocycles. The molecule has 1 rings (SSSR count). The summed E-state index contributed by atoms with van der Waals surface area (Å²) in [5, 5.41) is 9.11. The number of amides is 1. The minimum Gasteiger partial charge on any atom is -0.481 e.